The zero-order valence-electron chi connectivity index (χ0n) is 13.9. The van der Waals surface area contributed by atoms with E-state index in [0.717, 1.165) is 18.4 Å². The minimum absolute atomic E-state index is 0.00333. The molecule has 2 saturated heterocycles. The molecule has 2 aliphatic rings. The first-order chi connectivity index (χ1) is 12.1. The number of para-hydroxylation sites is 1. The van der Waals surface area contributed by atoms with E-state index >= 15 is 0 Å². The van der Waals surface area contributed by atoms with Crippen LogP contribution >= 0.6 is 0 Å². The topological polar surface area (TPSA) is 58.4 Å². The van der Waals surface area contributed by atoms with Gasteiger partial charge >= 0.3 is 0 Å². The molecule has 3 heterocycles. The number of hydrogen-bond donors (Lipinski definition) is 0. The predicted octanol–water partition coefficient (Wildman–Crippen LogP) is 1.73. The Kier molecular flexibility index (Phi) is 3.78. The number of piperazine rings is 1. The van der Waals surface area contributed by atoms with Crippen LogP contribution in [0.15, 0.2) is 36.7 Å². The zero-order valence-corrected chi connectivity index (χ0v) is 13.9. The van der Waals surface area contributed by atoms with E-state index in [2.05, 4.69) is 5.10 Å². The second-order valence-corrected chi connectivity index (χ2v) is 6.58. The molecule has 130 valence electrons. The van der Waals surface area contributed by atoms with E-state index in [1.165, 1.54) is 10.7 Å². The van der Waals surface area contributed by atoms with Crippen LogP contribution in [-0.4, -0.2) is 50.0 Å². The van der Waals surface area contributed by atoms with Crippen LogP contribution in [0.1, 0.15) is 25.3 Å². The number of amides is 2. The number of halogens is 1. The van der Waals surface area contributed by atoms with E-state index in [0.29, 0.717) is 18.8 Å². The maximum Gasteiger partial charge on any atom is 0.246 e. The maximum atomic E-state index is 13.9. The standard InChI is InChI=1S/C18H19FN4O2/c1-12-17(24)21-8-4-7-16(21)18(25)22(12)10-13-9-20-23(11-13)15-6-3-2-5-14(15)19/h2-3,5-6,9,11-12,16H,4,7-8,10H2,1H3/t12-,16-/m0/s1. The smallest absolute Gasteiger partial charge is 0.246 e. The van der Waals surface area contributed by atoms with Crippen molar-refractivity contribution >= 4 is 11.8 Å². The molecule has 0 saturated carbocycles. The minimum Gasteiger partial charge on any atom is -0.329 e. The van der Waals surface area contributed by atoms with Crippen LogP contribution in [0.2, 0.25) is 0 Å². The maximum absolute atomic E-state index is 13.9. The number of carbonyl (C=O) groups excluding carboxylic acids is 2. The Morgan fingerprint density at radius 2 is 2.04 bits per heavy atom. The van der Waals surface area contributed by atoms with Crippen molar-refractivity contribution in [1.82, 2.24) is 19.6 Å². The molecular formula is C18H19FN4O2. The molecule has 0 bridgehead atoms. The van der Waals surface area contributed by atoms with E-state index in [-0.39, 0.29) is 23.7 Å². The van der Waals surface area contributed by atoms with Gasteiger partial charge in [0, 0.05) is 24.8 Å². The lowest BCUT2D eigenvalue weighted by molar-refractivity contribution is -0.159. The van der Waals surface area contributed by atoms with Crippen LogP contribution in [0.5, 0.6) is 0 Å². The number of benzene rings is 1. The summed E-state index contributed by atoms with van der Waals surface area (Å²) < 4.78 is 15.3. The third-order valence-electron chi connectivity index (χ3n) is 5.02. The summed E-state index contributed by atoms with van der Waals surface area (Å²) in [6, 6.07) is 5.56. The van der Waals surface area contributed by atoms with Gasteiger partial charge in [-0.1, -0.05) is 12.1 Å². The molecule has 2 aromatic rings. The molecule has 0 aliphatic carbocycles. The minimum atomic E-state index is -0.487. The fourth-order valence-corrected chi connectivity index (χ4v) is 3.67. The van der Waals surface area contributed by atoms with Gasteiger partial charge in [-0.05, 0) is 31.9 Å². The Morgan fingerprint density at radius 1 is 1.24 bits per heavy atom. The molecule has 25 heavy (non-hydrogen) atoms. The number of fused-ring (bicyclic) bond motifs is 1. The van der Waals surface area contributed by atoms with Crippen molar-refractivity contribution < 1.29 is 14.0 Å². The van der Waals surface area contributed by atoms with E-state index < -0.39 is 6.04 Å². The molecule has 2 aliphatic heterocycles. The number of nitrogens with zero attached hydrogens (tertiary/aromatic N) is 4. The van der Waals surface area contributed by atoms with Crippen molar-refractivity contribution in [3.8, 4) is 5.69 Å². The highest BCUT2D eigenvalue weighted by Gasteiger charge is 2.45. The van der Waals surface area contributed by atoms with Gasteiger partial charge in [0.15, 0.2) is 0 Å². The van der Waals surface area contributed by atoms with Gasteiger partial charge in [0.25, 0.3) is 0 Å². The Balaban J connectivity index is 1.57. The number of rotatable bonds is 3. The van der Waals surface area contributed by atoms with Crippen molar-refractivity contribution in [2.45, 2.75) is 38.4 Å². The van der Waals surface area contributed by atoms with Gasteiger partial charge in [0.1, 0.15) is 23.6 Å². The summed E-state index contributed by atoms with van der Waals surface area (Å²) in [7, 11) is 0. The van der Waals surface area contributed by atoms with Gasteiger partial charge < -0.3 is 9.80 Å². The molecule has 0 radical (unpaired) electrons. The molecule has 7 heteroatoms. The van der Waals surface area contributed by atoms with Crippen molar-refractivity contribution in [3.63, 3.8) is 0 Å². The lowest BCUT2D eigenvalue weighted by Gasteiger charge is -2.40. The van der Waals surface area contributed by atoms with Gasteiger partial charge in [-0.25, -0.2) is 9.07 Å². The average Bonchev–Trinajstić information content (AvgIpc) is 3.27. The van der Waals surface area contributed by atoms with Crippen LogP contribution in [-0.2, 0) is 16.1 Å². The van der Waals surface area contributed by atoms with Crippen molar-refractivity contribution in [1.29, 1.82) is 0 Å². The second-order valence-electron chi connectivity index (χ2n) is 6.58. The SMILES string of the molecule is C[C@H]1C(=O)N2CCC[C@H]2C(=O)N1Cc1cnn(-c2ccccc2F)c1. The molecule has 2 fully saturated rings. The third kappa shape index (κ3) is 2.59. The Hall–Kier alpha value is -2.70. The average molecular weight is 342 g/mol. The van der Waals surface area contributed by atoms with Gasteiger partial charge in [0.2, 0.25) is 11.8 Å². The van der Waals surface area contributed by atoms with Gasteiger partial charge in [-0.2, -0.15) is 5.10 Å². The summed E-state index contributed by atoms with van der Waals surface area (Å²) in [5.74, 6) is -0.372. The van der Waals surface area contributed by atoms with Gasteiger partial charge in [-0.3, -0.25) is 9.59 Å². The Morgan fingerprint density at radius 3 is 2.84 bits per heavy atom. The van der Waals surface area contributed by atoms with Gasteiger partial charge in [-0.15, -0.1) is 0 Å². The monoisotopic (exact) mass is 342 g/mol. The summed E-state index contributed by atoms with van der Waals surface area (Å²) in [6.45, 7) is 2.72. The molecule has 4 rings (SSSR count). The van der Waals surface area contributed by atoms with Crippen molar-refractivity contribution in [2.24, 2.45) is 0 Å². The molecule has 0 unspecified atom stereocenters. The molecule has 2 atom stereocenters. The normalized spacial score (nSPS) is 23.3. The Bertz CT molecular complexity index is 834. The first-order valence-electron chi connectivity index (χ1n) is 8.45. The summed E-state index contributed by atoms with van der Waals surface area (Å²) in [5, 5.41) is 4.19. The number of hydrogen-bond acceptors (Lipinski definition) is 3. The highest BCUT2D eigenvalue weighted by atomic mass is 19.1. The van der Waals surface area contributed by atoms with Crippen LogP contribution in [0, 0.1) is 5.82 Å². The van der Waals surface area contributed by atoms with E-state index in [1.54, 1.807) is 47.3 Å². The molecule has 6 nitrogen and oxygen atoms in total. The first kappa shape index (κ1) is 15.8. The fraction of sp³-hybridized carbons (Fsp3) is 0.389. The quantitative estimate of drug-likeness (QED) is 0.854. The molecule has 0 N–H and O–H groups in total. The van der Waals surface area contributed by atoms with Crippen LogP contribution < -0.4 is 0 Å². The molecule has 1 aromatic heterocycles. The van der Waals surface area contributed by atoms with E-state index in [1.807, 2.05) is 0 Å². The van der Waals surface area contributed by atoms with Gasteiger partial charge in [0.05, 0.1) is 6.20 Å². The summed E-state index contributed by atoms with van der Waals surface area (Å²) in [5.41, 5.74) is 1.12. The summed E-state index contributed by atoms with van der Waals surface area (Å²) >= 11 is 0. The fourth-order valence-electron chi connectivity index (χ4n) is 3.67. The summed E-state index contributed by atoms with van der Waals surface area (Å²) in [4.78, 5) is 28.5. The van der Waals surface area contributed by atoms with Crippen LogP contribution in [0.25, 0.3) is 5.69 Å². The highest BCUT2D eigenvalue weighted by molar-refractivity contribution is 5.97. The number of carbonyl (C=O) groups is 2. The zero-order chi connectivity index (χ0) is 17.6. The largest absolute Gasteiger partial charge is 0.329 e. The highest BCUT2D eigenvalue weighted by Crippen LogP contribution is 2.28. The predicted molar refractivity (Wildman–Crippen MR) is 88.3 cm³/mol. The summed E-state index contributed by atoms with van der Waals surface area (Å²) in [6.07, 6.45) is 4.90. The molecule has 0 spiro atoms. The third-order valence-corrected chi connectivity index (χ3v) is 5.02. The number of aromatic nitrogens is 2. The molecular weight excluding hydrogens is 323 g/mol. The first-order valence-corrected chi connectivity index (χ1v) is 8.45. The Labute approximate surface area is 144 Å². The lowest BCUT2D eigenvalue weighted by Crippen LogP contribution is -2.61. The van der Waals surface area contributed by atoms with Crippen LogP contribution in [0.4, 0.5) is 4.39 Å². The van der Waals surface area contributed by atoms with Crippen molar-refractivity contribution in [2.75, 3.05) is 6.54 Å². The second kappa shape index (κ2) is 5.98. The van der Waals surface area contributed by atoms with E-state index in [4.69, 9.17) is 0 Å². The lowest BCUT2D eigenvalue weighted by atomic mass is 10.1. The van der Waals surface area contributed by atoms with Crippen molar-refractivity contribution in [3.05, 3.63) is 48.0 Å². The molecule has 1 aromatic carbocycles. The van der Waals surface area contributed by atoms with Crippen LogP contribution in [0.3, 0.4) is 0 Å². The molecule has 2 amide bonds. The van der Waals surface area contributed by atoms with E-state index in [9.17, 15) is 14.0 Å².